The number of quaternary nitrogens is 2. The van der Waals surface area contributed by atoms with Crippen LogP contribution in [0.3, 0.4) is 0 Å². The molecular weight excluding hydrogens is 495 g/mol. The Kier molecular flexibility index (Phi) is 9.64. The van der Waals surface area contributed by atoms with Crippen molar-refractivity contribution in [3.05, 3.63) is 35.4 Å². The van der Waals surface area contributed by atoms with Crippen molar-refractivity contribution in [3.63, 3.8) is 0 Å². The SMILES string of the molecule is COc1cc(C[N+]23CC[N+](Cc4cc(OC)c(OC)c(OC)c4)(CC2)C3)cc(OC)c1OC.[Cl-].[Cl-]. The molecule has 35 heavy (non-hydrogen) atoms. The molecule has 2 saturated heterocycles. The van der Waals surface area contributed by atoms with Crippen LogP contribution in [0.2, 0.25) is 0 Å². The zero-order valence-electron chi connectivity index (χ0n) is 21.4. The van der Waals surface area contributed by atoms with Crippen molar-refractivity contribution in [2.45, 2.75) is 13.1 Å². The minimum atomic E-state index is 0. The highest BCUT2D eigenvalue weighted by molar-refractivity contribution is 5.54. The average Bonchev–Trinajstić information content (AvgIpc) is 3.37. The van der Waals surface area contributed by atoms with Gasteiger partial charge in [-0.1, -0.05) is 0 Å². The van der Waals surface area contributed by atoms with Crippen LogP contribution >= 0.6 is 0 Å². The molecule has 0 aromatic heterocycles. The molecule has 196 valence electrons. The first-order valence-corrected chi connectivity index (χ1v) is 11.2. The van der Waals surface area contributed by atoms with Gasteiger partial charge in [0.15, 0.2) is 23.0 Å². The quantitative estimate of drug-likeness (QED) is 0.306. The number of hydrogen-bond acceptors (Lipinski definition) is 6. The third-order valence-corrected chi connectivity index (χ3v) is 7.18. The van der Waals surface area contributed by atoms with E-state index in [0.29, 0.717) is 34.5 Å². The zero-order valence-corrected chi connectivity index (χ0v) is 22.9. The highest BCUT2D eigenvalue weighted by Crippen LogP contribution is 2.43. The van der Waals surface area contributed by atoms with Crippen LogP contribution in [0.25, 0.3) is 0 Å². The summed E-state index contributed by atoms with van der Waals surface area (Å²) in [4.78, 5) is 0. The molecule has 0 N–H and O–H groups in total. The number of rotatable bonds is 10. The van der Waals surface area contributed by atoms with E-state index in [1.807, 2.05) is 0 Å². The van der Waals surface area contributed by atoms with Crippen molar-refractivity contribution in [1.82, 2.24) is 0 Å². The van der Waals surface area contributed by atoms with Gasteiger partial charge in [0.2, 0.25) is 18.2 Å². The molecule has 2 aromatic carbocycles. The molecule has 0 saturated carbocycles. The minimum absolute atomic E-state index is 0. The third-order valence-electron chi connectivity index (χ3n) is 7.18. The number of halogens is 2. The average molecular weight is 531 g/mol. The number of fused-ring (bicyclic) bond motifs is 2. The first kappa shape index (κ1) is 29.0. The largest absolute Gasteiger partial charge is 1.00 e. The summed E-state index contributed by atoms with van der Waals surface area (Å²) in [6.07, 6.45) is 0. The molecule has 2 fully saturated rings. The van der Waals surface area contributed by atoms with Crippen LogP contribution in [-0.2, 0) is 13.1 Å². The smallest absolute Gasteiger partial charge is 0.208 e. The van der Waals surface area contributed by atoms with Crippen LogP contribution in [0, 0.1) is 0 Å². The maximum Gasteiger partial charge on any atom is 0.208 e. The Morgan fingerprint density at radius 2 is 0.800 bits per heavy atom. The van der Waals surface area contributed by atoms with Gasteiger partial charge >= 0.3 is 0 Å². The van der Waals surface area contributed by atoms with E-state index >= 15 is 0 Å². The predicted molar refractivity (Wildman–Crippen MR) is 124 cm³/mol. The number of nitrogens with zero attached hydrogens (tertiary/aromatic N) is 2. The van der Waals surface area contributed by atoms with E-state index in [-0.39, 0.29) is 24.8 Å². The number of ether oxygens (including phenoxy) is 6. The van der Waals surface area contributed by atoms with E-state index in [0.717, 1.165) is 54.9 Å². The van der Waals surface area contributed by atoms with Gasteiger partial charge in [-0.25, -0.2) is 0 Å². The summed E-state index contributed by atoms with van der Waals surface area (Å²) in [5.74, 6) is 4.12. The summed E-state index contributed by atoms with van der Waals surface area (Å²) in [7, 11) is 9.93. The van der Waals surface area contributed by atoms with Gasteiger partial charge < -0.3 is 53.2 Å². The van der Waals surface area contributed by atoms with E-state index in [9.17, 15) is 0 Å². The van der Waals surface area contributed by atoms with Crippen LogP contribution < -0.4 is 53.2 Å². The molecule has 0 radical (unpaired) electrons. The lowest BCUT2D eigenvalue weighted by Crippen LogP contribution is -3.00. The summed E-state index contributed by atoms with van der Waals surface area (Å²) in [6, 6.07) is 8.33. The minimum Gasteiger partial charge on any atom is -1.00 e. The van der Waals surface area contributed by atoms with Crippen LogP contribution in [0.15, 0.2) is 24.3 Å². The van der Waals surface area contributed by atoms with Crippen molar-refractivity contribution in [3.8, 4) is 34.5 Å². The number of piperazine rings is 1. The fraction of sp³-hybridized carbons (Fsp3) is 0.520. The Labute approximate surface area is 220 Å². The Morgan fingerprint density at radius 1 is 0.514 bits per heavy atom. The van der Waals surface area contributed by atoms with Crippen molar-refractivity contribution < 1.29 is 62.2 Å². The molecule has 0 unspecified atom stereocenters. The molecule has 2 aromatic rings. The maximum atomic E-state index is 5.57. The van der Waals surface area contributed by atoms with E-state index in [4.69, 9.17) is 28.4 Å². The third kappa shape index (κ3) is 5.45. The number of methoxy groups -OCH3 is 6. The van der Waals surface area contributed by atoms with Crippen molar-refractivity contribution in [2.24, 2.45) is 0 Å². The Hall–Kier alpha value is -2.26. The van der Waals surface area contributed by atoms with Gasteiger partial charge in [-0.15, -0.1) is 0 Å². The summed E-state index contributed by atoms with van der Waals surface area (Å²) >= 11 is 0. The van der Waals surface area contributed by atoms with E-state index in [1.165, 1.54) is 11.1 Å². The summed E-state index contributed by atoms with van der Waals surface area (Å²) < 4.78 is 35.4. The summed E-state index contributed by atoms with van der Waals surface area (Å²) in [5, 5.41) is 0. The fourth-order valence-electron chi connectivity index (χ4n) is 5.64. The van der Waals surface area contributed by atoms with E-state index in [1.54, 1.807) is 42.7 Å². The number of benzene rings is 2. The van der Waals surface area contributed by atoms with Gasteiger partial charge in [-0.05, 0) is 24.3 Å². The van der Waals surface area contributed by atoms with Crippen molar-refractivity contribution in [2.75, 3.05) is 75.5 Å². The monoisotopic (exact) mass is 530 g/mol. The number of hydrogen-bond donors (Lipinski definition) is 0. The van der Waals surface area contributed by atoms with E-state index < -0.39 is 0 Å². The van der Waals surface area contributed by atoms with Gasteiger partial charge in [0, 0.05) is 11.1 Å². The molecule has 0 atom stereocenters. The van der Waals surface area contributed by atoms with Crippen molar-refractivity contribution in [1.29, 1.82) is 0 Å². The Bertz CT molecular complexity index is 882. The van der Waals surface area contributed by atoms with Gasteiger partial charge in [0.05, 0.1) is 42.7 Å². The Balaban J connectivity index is 0.00000216. The fourth-order valence-corrected chi connectivity index (χ4v) is 5.64. The summed E-state index contributed by atoms with van der Waals surface area (Å²) in [5.41, 5.74) is 2.42. The lowest BCUT2D eigenvalue weighted by atomic mass is 10.1. The molecule has 2 bridgehead atoms. The van der Waals surface area contributed by atoms with Gasteiger partial charge in [-0.2, -0.15) is 0 Å². The van der Waals surface area contributed by atoms with Crippen LogP contribution in [-0.4, -0.2) is 84.5 Å². The second-order valence-corrected chi connectivity index (χ2v) is 9.10. The lowest BCUT2D eigenvalue weighted by molar-refractivity contribution is -1.000. The molecule has 8 nitrogen and oxygen atoms in total. The molecule has 0 aliphatic carbocycles. The topological polar surface area (TPSA) is 55.4 Å². The standard InChI is InChI=1S/C25H36N2O6.2ClH/c1-28-20-11-18(12-21(29-2)24(20)32-5)15-26-7-9-27(17-26,10-8-26)16-19-13-22(30-3)25(33-6)23(14-19)31-4;;/h11-14H,7-10,15-17H2,1-6H3;2*1H/q+2;;/p-2. The highest BCUT2D eigenvalue weighted by atomic mass is 35.5. The normalized spacial score (nSPS) is 22.0. The predicted octanol–water partition coefficient (Wildman–Crippen LogP) is -2.94. The molecule has 0 amide bonds. The van der Waals surface area contributed by atoms with Gasteiger partial charge in [-0.3, -0.25) is 8.97 Å². The summed E-state index contributed by atoms with van der Waals surface area (Å²) in [6.45, 7) is 7.62. The lowest BCUT2D eigenvalue weighted by Gasteiger charge is -2.27. The van der Waals surface area contributed by atoms with Crippen LogP contribution in [0.4, 0.5) is 0 Å². The van der Waals surface area contributed by atoms with E-state index in [2.05, 4.69) is 24.3 Å². The molecule has 0 spiro atoms. The zero-order chi connectivity index (χ0) is 23.6. The second kappa shape index (κ2) is 11.6. The second-order valence-electron chi connectivity index (χ2n) is 9.10. The maximum absolute atomic E-state index is 5.57. The first-order valence-electron chi connectivity index (χ1n) is 11.2. The molecule has 2 aliphatic heterocycles. The Morgan fingerprint density at radius 3 is 1.03 bits per heavy atom. The highest BCUT2D eigenvalue weighted by Gasteiger charge is 2.55. The molecule has 2 aliphatic rings. The van der Waals surface area contributed by atoms with Gasteiger partial charge in [0.25, 0.3) is 0 Å². The molecule has 4 rings (SSSR count). The van der Waals surface area contributed by atoms with Crippen LogP contribution in [0.1, 0.15) is 11.1 Å². The first-order chi connectivity index (χ1) is 15.9. The van der Waals surface area contributed by atoms with Gasteiger partial charge in [0.1, 0.15) is 39.3 Å². The molecule has 10 heteroatoms. The molecule has 2 heterocycles. The molecular formula is C25H36Cl2N2O6. The van der Waals surface area contributed by atoms with Crippen molar-refractivity contribution >= 4 is 0 Å². The van der Waals surface area contributed by atoms with Crippen LogP contribution in [0.5, 0.6) is 34.5 Å².